The highest BCUT2D eigenvalue weighted by Gasteiger charge is 2.26. The van der Waals surface area contributed by atoms with E-state index in [4.69, 9.17) is 4.52 Å². The molecule has 1 aromatic heterocycles. The van der Waals surface area contributed by atoms with E-state index in [9.17, 15) is 4.79 Å². The molecule has 0 bridgehead atoms. The van der Waals surface area contributed by atoms with Gasteiger partial charge < -0.3 is 14.7 Å². The number of rotatable bonds is 5. The first-order valence-corrected chi connectivity index (χ1v) is 6.63. The number of aromatic nitrogens is 1. The highest BCUT2D eigenvalue weighted by atomic mass is 16.5. The predicted octanol–water partition coefficient (Wildman–Crippen LogP) is 1.13. The zero-order chi connectivity index (χ0) is 13.0. The van der Waals surface area contributed by atoms with E-state index >= 15 is 0 Å². The Hall–Kier alpha value is -1.36. The fraction of sp³-hybridized carbons (Fsp3) is 0.692. The summed E-state index contributed by atoms with van der Waals surface area (Å²) < 4.78 is 5.00. The van der Waals surface area contributed by atoms with Crippen molar-refractivity contribution in [3.8, 4) is 0 Å². The third-order valence-electron chi connectivity index (χ3n) is 3.27. The normalized spacial score (nSPS) is 19.1. The Bertz CT molecular complexity index is 397. The van der Waals surface area contributed by atoms with E-state index < -0.39 is 0 Å². The largest absolute Gasteiger partial charge is 0.361 e. The minimum Gasteiger partial charge on any atom is -0.361 e. The monoisotopic (exact) mass is 251 g/mol. The van der Waals surface area contributed by atoms with Gasteiger partial charge in [0.25, 0.3) is 0 Å². The highest BCUT2D eigenvalue weighted by molar-refractivity contribution is 5.78. The second kappa shape index (κ2) is 6.00. The second-order valence-electron chi connectivity index (χ2n) is 4.84. The average molecular weight is 251 g/mol. The van der Waals surface area contributed by atoms with Gasteiger partial charge in [-0.2, -0.15) is 0 Å². The standard InChI is InChI=1S/C13H21N3O2/c1-3-6-16(12-4-5-14-9-12)13(17)8-11-7-10(2)18-15-11/h7,12,14H,3-6,8-9H2,1-2H3. The fourth-order valence-corrected chi connectivity index (χ4v) is 2.42. The molecule has 0 aromatic carbocycles. The van der Waals surface area contributed by atoms with Crippen molar-refractivity contribution in [1.82, 2.24) is 15.4 Å². The van der Waals surface area contributed by atoms with Gasteiger partial charge in [0.1, 0.15) is 5.76 Å². The highest BCUT2D eigenvalue weighted by Crippen LogP contribution is 2.12. The summed E-state index contributed by atoms with van der Waals surface area (Å²) in [6, 6.07) is 2.17. The van der Waals surface area contributed by atoms with Crippen molar-refractivity contribution in [3.05, 3.63) is 17.5 Å². The first-order valence-electron chi connectivity index (χ1n) is 6.63. The summed E-state index contributed by atoms with van der Waals surface area (Å²) in [5.41, 5.74) is 0.726. The molecule has 0 spiro atoms. The molecule has 1 aromatic rings. The molecule has 2 rings (SSSR count). The van der Waals surface area contributed by atoms with Crippen LogP contribution in [0.25, 0.3) is 0 Å². The molecule has 18 heavy (non-hydrogen) atoms. The van der Waals surface area contributed by atoms with Crippen molar-refractivity contribution in [1.29, 1.82) is 0 Å². The molecular weight excluding hydrogens is 230 g/mol. The molecule has 5 heteroatoms. The van der Waals surface area contributed by atoms with Crippen LogP contribution in [0.2, 0.25) is 0 Å². The molecule has 0 saturated carbocycles. The molecule has 0 aliphatic carbocycles. The molecule has 1 atom stereocenters. The van der Waals surface area contributed by atoms with Crippen LogP contribution in [0.3, 0.4) is 0 Å². The number of amides is 1. The van der Waals surface area contributed by atoms with E-state index in [-0.39, 0.29) is 5.91 Å². The van der Waals surface area contributed by atoms with Crippen LogP contribution in [-0.2, 0) is 11.2 Å². The molecule has 1 fully saturated rings. The zero-order valence-corrected chi connectivity index (χ0v) is 11.1. The minimum absolute atomic E-state index is 0.152. The van der Waals surface area contributed by atoms with Gasteiger partial charge in [-0.15, -0.1) is 0 Å². The molecule has 5 nitrogen and oxygen atoms in total. The fourth-order valence-electron chi connectivity index (χ4n) is 2.42. The summed E-state index contributed by atoms with van der Waals surface area (Å²) in [4.78, 5) is 14.3. The van der Waals surface area contributed by atoms with Gasteiger partial charge in [0.15, 0.2) is 0 Å². The van der Waals surface area contributed by atoms with Crippen molar-refractivity contribution in [2.75, 3.05) is 19.6 Å². The van der Waals surface area contributed by atoms with Crippen LogP contribution >= 0.6 is 0 Å². The Morgan fingerprint density at radius 3 is 3.06 bits per heavy atom. The number of nitrogens with zero attached hydrogens (tertiary/aromatic N) is 2. The summed E-state index contributed by atoms with van der Waals surface area (Å²) in [6.07, 6.45) is 2.37. The Labute approximate surface area is 108 Å². The minimum atomic E-state index is 0.152. The molecule has 100 valence electrons. The number of aryl methyl sites for hydroxylation is 1. The van der Waals surface area contributed by atoms with E-state index in [0.29, 0.717) is 12.5 Å². The first-order chi connectivity index (χ1) is 8.70. The van der Waals surface area contributed by atoms with E-state index in [1.165, 1.54) is 0 Å². The third-order valence-corrected chi connectivity index (χ3v) is 3.27. The quantitative estimate of drug-likeness (QED) is 0.852. The lowest BCUT2D eigenvalue weighted by atomic mass is 10.1. The van der Waals surface area contributed by atoms with E-state index in [1.807, 2.05) is 17.9 Å². The van der Waals surface area contributed by atoms with Gasteiger partial charge in [-0.3, -0.25) is 4.79 Å². The molecule has 1 amide bonds. The maximum Gasteiger partial charge on any atom is 0.229 e. The Morgan fingerprint density at radius 2 is 2.50 bits per heavy atom. The number of nitrogens with one attached hydrogen (secondary N) is 1. The topological polar surface area (TPSA) is 58.4 Å². The lowest BCUT2D eigenvalue weighted by Gasteiger charge is -2.28. The summed E-state index contributed by atoms with van der Waals surface area (Å²) in [5, 5.41) is 7.19. The Kier molecular flexibility index (Phi) is 4.36. The average Bonchev–Trinajstić information content (AvgIpc) is 2.97. The van der Waals surface area contributed by atoms with Crippen LogP contribution in [0.1, 0.15) is 31.2 Å². The van der Waals surface area contributed by atoms with Gasteiger partial charge in [-0.1, -0.05) is 12.1 Å². The van der Waals surface area contributed by atoms with Gasteiger partial charge in [0, 0.05) is 25.2 Å². The van der Waals surface area contributed by atoms with Crippen molar-refractivity contribution >= 4 is 5.91 Å². The van der Waals surface area contributed by atoms with Crippen LogP contribution in [0.4, 0.5) is 0 Å². The molecule has 1 saturated heterocycles. The maximum absolute atomic E-state index is 12.3. The van der Waals surface area contributed by atoms with Gasteiger partial charge in [-0.25, -0.2) is 0 Å². The number of carbonyl (C=O) groups is 1. The molecular formula is C13H21N3O2. The molecule has 1 aliphatic rings. The number of hydrogen-bond donors (Lipinski definition) is 1. The Balaban J connectivity index is 1.98. The summed E-state index contributed by atoms with van der Waals surface area (Å²) in [7, 11) is 0. The second-order valence-corrected chi connectivity index (χ2v) is 4.84. The summed E-state index contributed by atoms with van der Waals surface area (Å²) >= 11 is 0. The third kappa shape index (κ3) is 3.10. The predicted molar refractivity (Wildman–Crippen MR) is 68.2 cm³/mol. The van der Waals surface area contributed by atoms with E-state index in [2.05, 4.69) is 17.4 Å². The number of hydrogen-bond acceptors (Lipinski definition) is 4. The molecule has 2 heterocycles. The molecule has 1 unspecified atom stereocenters. The van der Waals surface area contributed by atoms with Crippen LogP contribution in [0.5, 0.6) is 0 Å². The van der Waals surface area contributed by atoms with Gasteiger partial charge in [0.2, 0.25) is 5.91 Å². The number of carbonyl (C=O) groups excluding carboxylic acids is 1. The van der Waals surface area contributed by atoms with Gasteiger partial charge in [0.05, 0.1) is 12.1 Å². The SMILES string of the molecule is CCCN(C(=O)Cc1cc(C)on1)C1CCNC1. The van der Waals surface area contributed by atoms with Crippen LogP contribution < -0.4 is 5.32 Å². The summed E-state index contributed by atoms with van der Waals surface area (Å²) in [5.74, 6) is 0.904. The Morgan fingerprint density at radius 1 is 1.67 bits per heavy atom. The molecule has 1 N–H and O–H groups in total. The zero-order valence-electron chi connectivity index (χ0n) is 11.1. The molecule has 1 aliphatic heterocycles. The maximum atomic E-state index is 12.3. The molecule has 0 radical (unpaired) electrons. The van der Waals surface area contributed by atoms with E-state index in [0.717, 1.165) is 43.9 Å². The van der Waals surface area contributed by atoms with E-state index in [1.54, 1.807) is 0 Å². The van der Waals surface area contributed by atoms with Crippen molar-refractivity contribution in [2.45, 2.75) is 39.2 Å². The summed E-state index contributed by atoms with van der Waals surface area (Å²) in [6.45, 7) is 6.67. The van der Waals surface area contributed by atoms with Crippen molar-refractivity contribution in [3.63, 3.8) is 0 Å². The lowest BCUT2D eigenvalue weighted by Crippen LogP contribution is -2.42. The van der Waals surface area contributed by atoms with Gasteiger partial charge in [-0.05, 0) is 26.3 Å². The van der Waals surface area contributed by atoms with Crippen molar-refractivity contribution < 1.29 is 9.32 Å². The van der Waals surface area contributed by atoms with Gasteiger partial charge >= 0.3 is 0 Å². The van der Waals surface area contributed by atoms with Crippen LogP contribution in [0, 0.1) is 6.92 Å². The smallest absolute Gasteiger partial charge is 0.229 e. The first kappa shape index (κ1) is 13.1. The van der Waals surface area contributed by atoms with Crippen LogP contribution in [-0.4, -0.2) is 41.6 Å². The van der Waals surface area contributed by atoms with Crippen molar-refractivity contribution in [2.24, 2.45) is 0 Å². The van der Waals surface area contributed by atoms with Crippen LogP contribution in [0.15, 0.2) is 10.6 Å². The lowest BCUT2D eigenvalue weighted by molar-refractivity contribution is -0.132.